The van der Waals surface area contributed by atoms with Crippen LogP contribution in [0.15, 0.2) is 12.3 Å². The molecule has 0 amide bonds. The van der Waals surface area contributed by atoms with Crippen LogP contribution in [0.25, 0.3) is 0 Å². The number of nitro groups is 1. The number of hydrogen-bond donors (Lipinski definition) is 2. The summed E-state index contributed by atoms with van der Waals surface area (Å²) >= 11 is 0. The number of aromatic nitrogens is 1. The first-order valence-corrected chi connectivity index (χ1v) is 5.53. The number of nitrogens with one attached hydrogen (secondary N) is 1. The van der Waals surface area contributed by atoms with Crippen molar-refractivity contribution in [2.45, 2.75) is 20.3 Å². The highest BCUT2D eigenvalue weighted by Crippen LogP contribution is 2.18. The van der Waals surface area contributed by atoms with Crippen LogP contribution in [0, 0.1) is 23.0 Å². The predicted molar refractivity (Wildman–Crippen MR) is 65.5 cm³/mol. The number of aryl methyl sites for hydroxylation is 1. The van der Waals surface area contributed by atoms with Crippen molar-refractivity contribution in [3.63, 3.8) is 0 Å². The number of nitrogens with zero attached hydrogens (tertiary/aromatic N) is 2. The van der Waals surface area contributed by atoms with E-state index in [1.165, 1.54) is 6.07 Å². The lowest BCUT2D eigenvalue weighted by molar-refractivity contribution is -0.385. The summed E-state index contributed by atoms with van der Waals surface area (Å²) in [5.41, 5.74) is 0.535. The first kappa shape index (κ1) is 13.9. The molecule has 0 aliphatic carbocycles. The van der Waals surface area contributed by atoms with Gasteiger partial charge >= 0.3 is 5.97 Å². The summed E-state index contributed by atoms with van der Waals surface area (Å²) in [6.07, 6.45) is 1.66. The minimum Gasteiger partial charge on any atom is -0.481 e. The van der Waals surface area contributed by atoms with Crippen molar-refractivity contribution in [2.75, 3.05) is 11.9 Å². The van der Waals surface area contributed by atoms with Gasteiger partial charge in [-0.1, -0.05) is 6.92 Å². The Morgan fingerprint density at radius 1 is 1.67 bits per heavy atom. The van der Waals surface area contributed by atoms with Crippen LogP contribution in [-0.4, -0.2) is 27.5 Å². The molecule has 0 aromatic carbocycles. The minimum absolute atomic E-state index is 0.0803. The molecule has 0 fully saturated rings. The Hall–Kier alpha value is -2.18. The normalized spacial score (nSPS) is 11.9. The summed E-state index contributed by atoms with van der Waals surface area (Å²) in [4.78, 5) is 24.8. The number of carbonyl (C=O) groups is 1. The Labute approximate surface area is 104 Å². The van der Waals surface area contributed by atoms with Crippen molar-refractivity contribution in [2.24, 2.45) is 5.92 Å². The van der Waals surface area contributed by atoms with Gasteiger partial charge in [-0.25, -0.2) is 4.98 Å². The number of anilines is 1. The number of pyridine rings is 1. The third-order valence-corrected chi connectivity index (χ3v) is 2.63. The Kier molecular flexibility index (Phi) is 4.59. The molecule has 0 aliphatic rings. The molecule has 0 radical (unpaired) electrons. The third kappa shape index (κ3) is 3.41. The van der Waals surface area contributed by atoms with E-state index < -0.39 is 16.8 Å². The second-order valence-electron chi connectivity index (χ2n) is 3.94. The Morgan fingerprint density at radius 3 is 2.78 bits per heavy atom. The first-order chi connectivity index (χ1) is 8.45. The zero-order valence-corrected chi connectivity index (χ0v) is 10.2. The van der Waals surface area contributed by atoms with Crippen LogP contribution in [0.3, 0.4) is 0 Å². The van der Waals surface area contributed by atoms with Gasteiger partial charge in [-0.05, 0) is 18.9 Å². The van der Waals surface area contributed by atoms with E-state index in [0.717, 1.165) is 6.20 Å². The summed E-state index contributed by atoms with van der Waals surface area (Å²) in [5, 5.41) is 22.3. The van der Waals surface area contributed by atoms with Crippen molar-refractivity contribution in [1.29, 1.82) is 0 Å². The molecule has 98 valence electrons. The highest BCUT2D eigenvalue weighted by atomic mass is 16.6. The maximum Gasteiger partial charge on any atom is 0.308 e. The van der Waals surface area contributed by atoms with E-state index in [1.54, 1.807) is 13.8 Å². The molecule has 0 saturated heterocycles. The van der Waals surface area contributed by atoms with Crippen LogP contribution in [0.5, 0.6) is 0 Å². The van der Waals surface area contributed by atoms with Gasteiger partial charge in [0, 0.05) is 12.6 Å². The fourth-order valence-electron chi connectivity index (χ4n) is 1.47. The van der Waals surface area contributed by atoms with Crippen molar-refractivity contribution in [3.05, 3.63) is 27.9 Å². The van der Waals surface area contributed by atoms with Crippen LogP contribution < -0.4 is 5.32 Å². The number of hydrogen-bond acceptors (Lipinski definition) is 5. The molecule has 0 spiro atoms. The van der Waals surface area contributed by atoms with Crippen molar-refractivity contribution in [1.82, 2.24) is 4.98 Å². The molecule has 1 aromatic heterocycles. The summed E-state index contributed by atoms with van der Waals surface area (Å²) in [7, 11) is 0. The number of carboxylic acid groups (broad SMARTS) is 1. The Balaban J connectivity index is 2.74. The predicted octanol–water partition coefficient (Wildman–Crippen LogP) is 1.82. The fraction of sp³-hybridized carbons (Fsp3) is 0.455. The largest absolute Gasteiger partial charge is 0.481 e. The van der Waals surface area contributed by atoms with E-state index in [4.69, 9.17) is 5.11 Å². The highest BCUT2D eigenvalue weighted by molar-refractivity contribution is 5.70. The highest BCUT2D eigenvalue weighted by Gasteiger charge is 2.16. The second-order valence-corrected chi connectivity index (χ2v) is 3.94. The van der Waals surface area contributed by atoms with E-state index >= 15 is 0 Å². The summed E-state index contributed by atoms with van der Waals surface area (Å²) in [6.45, 7) is 3.72. The summed E-state index contributed by atoms with van der Waals surface area (Å²) < 4.78 is 0. The molecule has 1 rings (SSSR count). The van der Waals surface area contributed by atoms with E-state index in [2.05, 4.69) is 10.3 Å². The van der Waals surface area contributed by atoms with Gasteiger partial charge in [-0.2, -0.15) is 0 Å². The molecule has 7 heteroatoms. The van der Waals surface area contributed by atoms with Gasteiger partial charge in [0.1, 0.15) is 12.0 Å². The summed E-state index contributed by atoms with van der Waals surface area (Å²) in [5.74, 6) is -0.897. The van der Waals surface area contributed by atoms with Crippen LogP contribution in [0.2, 0.25) is 0 Å². The topological polar surface area (TPSA) is 105 Å². The molecule has 18 heavy (non-hydrogen) atoms. The zero-order chi connectivity index (χ0) is 13.7. The molecule has 7 nitrogen and oxygen atoms in total. The molecule has 0 bridgehead atoms. The Morgan fingerprint density at radius 2 is 2.33 bits per heavy atom. The average molecular weight is 253 g/mol. The molecular formula is C11H15N3O4. The van der Waals surface area contributed by atoms with Crippen LogP contribution >= 0.6 is 0 Å². The molecular weight excluding hydrogens is 238 g/mol. The van der Waals surface area contributed by atoms with E-state index in [1.807, 2.05) is 0 Å². The number of carboxylic acids is 1. The molecule has 0 saturated carbocycles. The molecule has 1 atom stereocenters. The number of aliphatic carboxylic acids is 1. The standard InChI is InChI=1S/C11H15N3O4/c1-3-8(11(15)16)5-12-10-7(2)4-9(6-13-10)14(17)18/h4,6,8H,3,5H2,1-2H3,(H,12,13)(H,15,16). The van der Waals surface area contributed by atoms with Gasteiger partial charge < -0.3 is 10.4 Å². The molecule has 1 aromatic rings. The van der Waals surface area contributed by atoms with Crippen LogP contribution in [0.1, 0.15) is 18.9 Å². The van der Waals surface area contributed by atoms with Gasteiger partial charge in [0.05, 0.1) is 10.8 Å². The SMILES string of the molecule is CCC(CNc1ncc([N+](=O)[O-])cc1C)C(=O)O. The maximum absolute atomic E-state index is 10.8. The van der Waals surface area contributed by atoms with E-state index in [0.29, 0.717) is 17.8 Å². The lowest BCUT2D eigenvalue weighted by Gasteiger charge is -2.12. The van der Waals surface area contributed by atoms with Crippen LogP contribution in [0.4, 0.5) is 11.5 Å². The van der Waals surface area contributed by atoms with E-state index in [-0.39, 0.29) is 12.2 Å². The summed E-state index contributed by atoms with van der Waals surface area (Å²) in [6, 6.07) is 1.40. The van der Waals surface area contributed by atoms with E-state index in [9.17, 15) is 14.9 Å². The van der Waals surface area contributed by atoms with Crippen molar-refractivity contribution >= 4 is 17.5 Å². The monoisotopic (exact) mass is 253 g/mol. The lowest BCUT2D eigenvalue weighted by Crippen LogP contribution is -2.22. The average Bonchev–Trinajstić information content (AvgIpc) is 2.30. The van der Waals surface area contributed by atoms with Gasteiger partial charge in [-0.3, -0.25) is 14.9 Å². The lowest BCUT2D eigenvalue weighted by atomic mass is 10.1. The first-order valence-electron chi connectivity index (χ1n) is 5.53. The smallest absolute Gasteiger partial charge is 0.308 e. The second kappa shape index (κ2) is 5.95. The number of rotatable bonds is 6. The van der Waals surface area contributed by atoms with Gasteiger partial charge in [0.15, 0.2) is 0 Å². The third-order valence-electron chi connectivity index (χ3n) is 2.63. The van der Waals surface area contributed by atoms with Crippen molar-refractivity contribution < 1.29 is 14.8 Å². The molecule has 2 N–H and O–H groups in total. The minimum atomic E-state index is -0.871. The quantitative estimate of drug-likeness (QED) is 0.591. The molecule has 0 aliphatic heterocycles. The maximum atomic E-state index is 10.8. The fourth-order valence-corrected chi connectivity index (χ4v) is 1.47. The van der Waals surface area contributed by atoms with Gasteiger partial charge in [0.25, 0.3) is 5.69 Å². The zero-order valence-electron chi connectivity index (χ0n) is 10.2. The van der Waals surface area contributed by atoms with Gasteiger partial charge in [0.2, 0.25) is 0 Å². The molecule has 1 unspecified atom stereocenters. The van der Waals surface area contributed by atoms with Crippen LogP contribution in [-0.2, 0) is 4.79 Å². The van der Waals surface area contributed by atoms with Gasteiger partial charge in [-0.15, -0.1) is 0 Å². The molecule has 1 heterocycles. The Bertz CT molecular complexity index is 462. The van der Waals surface area contributed by atoms with Crippen molar-refractivity contribution in [3.8, 4) is 0 Å².